The maximum atomic E-state index is 12.8. The Labute approximate surface area is 142 Å². The molecule has 0 saturated heterocycles. The number of hydrogen-bond acceptors (Lipinski definition) is 4. The number of aliphatic hydroxyl groups is 1. The molecular weight excluding hydrogens is 304 g/mol. The van der Waals surface area contributed by atoms with Crippen molar-refractivity contribution in [1.82, 2.24) is 9.88 Å². The molecule has 0 spiro atoms. The molecule has 1 amide bonds. The number of benzene rings is 1. The van der Waals surface area contributed by atoms with Gasteiger partial charge in [-0.2, -0.15) is 0 Å². The number of rotatable bonds is 7. The van der Waals surface area contributed by atoms with Crippen molar-refractivity contribution in [1.29, 1.82) is 0 Å². The second-order valence-electron chi connectivity index (χ2n) is 6.28. The lowest BCUT2D eigenvalue weighted by Gasteiger charge is -2.29. The number of carbonyl (C=O) groups is 1. The lowest BCUT2D eigenvalue weighted by atomic mass is 10.1. The molecule has 128 valence electrons. The highest BCUT2D eigenvalue weighted by Crippen LogP contribution is 2.15. The van der Waals surface area contributed by atoms with Crippen LogP contribution in [0.5, 0.6) is 5.88 Å². The summed E-state index contributed by atoms with van der Waals surface area (Å²) < 4.78 is 5.30. The predicted octanol–water partition coefficient (Wildman–Crippen LogP) is 2.89. The molecule has 0 aliphatic carbocycles. The van der Waals surface area contributed by atoms with E-state index in [1.165, 1.54) is 6.20 Å². The van der Waals surface area contributed by atoms with E-state index in [1.54, 1.807) is 30.9 Å². The Morgan fingerprint density at radius 1 is 1.21 bits per heavy atom. The third kappa shape index (κ3) is 5.35. The first kappa shape index (κ1) is 17.9. The summed E-state index contributed by atoms with van der Waals surface area (Å²) in [6, 6.07) is 13.1. The predicted molar refractivity (Wildman–Crippen MR) is 92.9 cm³/mol. The fourth-order valence-corrected chi connectivity index (χ4v) is 2.39. The van der Waals surface area contributed by atoms with Gasteiger partial charge in [0.1, 0.15) is 0 Å². The Hall–Kier alpha value is -2.40. The Kier molecular flexibility index (Phi) is 5.93. The Morgan fingerprint density at radius 2 is 1.92 bits per heavy atom. The van der Waals surface area contributed by atoms with E-state index in [4.69, 9.17) is 4.74 Å². The molecule has 0 bridgehead atoms. The number of hydrogen-bond donors (Lipinski definition) is 1. The summed E-state index contributed by atoms with van der Waals surface area (Å²) in [7, 11) is 0. The summed E-state index contributed by atoms with van der Waals surface area (Å²) in [5.74, 6) is 0.322. The van der Waals surface area contributed by atoms with Gasteiger partial charge in [-0.15, -0.1) is 0 Å². The highest BCUT2D eigenvalue weighted by molar-refractivity contribution is 5.94. The summed E-state index contributed by atoms with van der Waals surface area (Å²) in [6.07, 6.45) is 1.51. The van der Waals surface area contributed by atoms with E-state index in [1.807, 2.05) is 37.3 Å². The van der Waals surface area contributed by atoms with E-state index >= 15 is 0 Å². The third-order valence-electron chi connectivity index (χ3n) is 3.36. The maximum Gasteiger partial charge on any atom is 0.255 e. The molecule has 24 heavy (non-hydrogen) atoms. The molecular formula is C19H24N2O3. The minimum atomic E-state index is -0.983. The number of aromatic nitrogens is 1. The van der Waals surface area contributed by atoms with Crippen LogP contribution in [0.15, 0.2) is 48.7 Å². The Balaban J connectivity index is 2.20. The van der Waals surface area contributed by atoms with Crippen molar-refractivity contribution in [2.75, 3.05) is 13.2 Å². The lowest BCUT2D eigenvalue weighted by Crippen LogP contribution is -2.41. The first-order valence-electron chi connectivity index (χ1n) is 8.03. The van der Waals surface area contributed by atoms with Crippen molar-refractivity contribution >= 4 is 5.91 Å². The van der Waals surface area contributed by atoms with E-state index in [-0.39, 0.29) is 12.5 Å². The molecule has 2 aromatic rings. The van der Waals surface area contributed by atoms with Crippen molar-refractivity contribution in [2.45, 2.75) is 32.9 Å². The Morgan fingerprint density at radius 3 is 2.46 bits per heavy atom. The quantitative estimate of drug-likeness (QED) is 0.849. The van der Waals surface area contributed by atoms with Gasteiger partial charge in [-0.1, -0.05) is 30.3 Å². The van der Waals surface area contributed by atoms with Crippen LogP contribution in [-0.4, -0.2) is 39.7 Å². The topological polar surface area (TPSA) is 62.7 Å². The maximum absolute atomic E-state index is 12.8. The van der Waals surface area contributed by atoms with Gasteiger partial charge in [0.25, 0.3) is 5.91 Å². The van der Waals surface area contributed by atoms with Crippen molar-refractivity contribution < 1.29 is 14.6 Å². The van der Waals surface area contributed by atoms with Gasteiger partial charge in [-0.05, 0) is 32.4 Å². The molecule has 1 aromatic heterocycles. The summed E-state index contributed by atoms with van der Waals surface area (Å²) in [5, 5.41) is 10.1. The van der Waals surface area contributed by atoms with Crippen LogP contribution in [0.3, 0.4) is 0 Å². The van der Waals surface area contributed by atoms with Crippen molar-refractivity contribution in [3.63, 3.8) is 0 Å². The highest BCUT2D eigenvalue weighted by Gasteiger charge is 2.24. The molecule has 0 radical (unpaired) electrons. The van der Waals surface area contributed by atoms with E-state index < -0.39 is 5.60 Å². The number of nitrogens with zero attached hydrogens (tertiary/aromatic N) is 2. The smallest absolute Gasteiger partial charge is 0.255 e. The monoisotopic (exact) mass is 328 g/mol. The molecule has 0 saturated carbocycles. The summed E-state index contributed by atoms with van der Waals surface area (Å²) in [5.41, 5.74) is 0.496. The zero-order valence-corrected chi connectivity index (χ0v) is 14.4. The zero-order chi connectivity index (χ0) is 17.6. The van der Waals surface area contributed by atoms with Crippen LogP contribution in [-0.2, 0) is 6.54 Å². The van der Waals surface area contributed by atoms with Gasteiger partial charge in [0.05, 0.1) is 17.8 Å². The van der Waals surface area contributed by atoms with Crippen LogP contribution in [0.2, 0.25) is 0 Å². The molecule has 1 heterocycles. The summed E-state index contributed by atoms with van der Waals surface area (Å²) in [6.45, 7) is 6.44. The number of pyridine rings is 1. The van der Waals surface area contributed by atoms with Crippen molar-refractivity contribution in [2.24, 2.45) is 0 Å². The minimum Gasteiger partial charge on any atom is -0.478 e. The van der Waals surface area contributed by atoms with Crippen LogP contribution >= 0.6 is 0 Å². The van der Waals surface area contributed by atoms with E-state index in [0.717, 1.165) is 5.56 Å². The van der Waals surface area contributed by atoms with Crippen LogP contribution < -0.4 is 4.74 Å². The average molecular weight is 328 g/mol. The van der Waals surface area contributed by atoms with Gasteiger partial charge in [0.2, 0.25) is 5.88 Å². The fourth-order valence-electron chi connectivity index (χ4n) is 2.39. The molecule has 0 aliphatic heterocycles. The molecule has 1 aromatic carbocycles. The molecule has 5 heteroatoms. The van der Waals surface area contributed by atoms with Crippen LogP contribution in [0.4, 0.5) is 0 Å². The first-order chi connectivity index (χ1) is 11.4. The van der Waals surface area contributed by atoms with Gasteiger partial charge in [-0.25, -0.2) is 4.98 Å². The normalized spacial score (nSPS) is 11.2. The van der Waals surface area contributed by atoms with Gasteiger partial charge < -0.3 is 14.7 Å². The highest BCUT2D eigenvalue weighted by atomic mass is 16.5. The molecule has 0 fully saturated rings. The first-order valence-corrected chi connectivity index (χ1v) is 8.03. The van der Waals surface area contributed by atoms with E-state index in [2.05, 4.69) is 4.98 Å². The van der Waals surface area contributed by atoms with Crippen molar-refractivity contribution in [3.05, 3.63) is 59.8 Å². The van der Waals surface area contributed by atoms with Crippen molar-refractivity contribution in [3.8, 4) is 5.88 Å². The number of amides is 1. The third-order valence-corrected chi connectivity index (χ3v) is 3.36. The second kappa shape index (κ2) is 7.93. The standard InChI is InChI=1S/C19H24N2O3/c1-4-24-17-11-10-16(12-20-17)18(22)21(14-19(2,3)23)13-15-8-6-5-7-9-15/h5-12,23H,4,13-14H2,1-3H3. The van der Waals surface area contributed by atoms with E-state index in [0.29, 0.717) is 24.6 Å². The molecule has 0 aliphatic rings. The van der Waals surface area contributed by atoms with Gasteiger partial charge in [0, 0.05) is 25.4 Å². The zero-order valence-electron chi connectivity index (χ0n) is 14.4. The van der Waals surface area contributed by atoms with Gasteiger partial charge >= 0.3 is 0 Å². The summed E-state index contributed by atoms with van der Waals surface area (Å²) >= 11 is 0. The SMILES string of the molecule is CCOc1ccc(C(=O)N(Cc2ccccc2)CC(C)(C)O)cn1. The van der Waals surface area contributed by atoms with Crippen LogP contribution in [0.25, 0.3) is 0 Å². The largest absolute Gasteiger partial charge is 0.478 e. The molecule has 5 nitrogen and oxygen atoms in total. The fraction of sp³-hybridized carbons (Fsp3) is 0.368. The molecule has 1 N–H and O–H groups in total. The average Bonchev–Trinajstić information content (AvgIpc) is 2.54. The number of ether oxygens (including phenoxy) is 1. The molecule has 0 atom stereocenters. The van der Waals surface area contributed by atoms with E-state index in [9.17, 15) is 9.90 Å². The molecule has 0 unspecified atom stereocenters. The van der Waals surface area contributed by atoms with Crippen LogP contribution in [0.1, 0.15) is 36.7 Å². The Bertz CT molecular complexity index is 649. The summed E-state index contributed by atoms with van der Waals surface area (Å²) in [4.78, 5) is 18.6. The molecule has 2 rings (SSSR count). The van der Waals surface area contributed by atoms with Gasteiger partial charge in [-0.3, -0.25) is 4.79 Å². The van der Waals surface area contributed by atoms with Crippen LogP contribution in [0, 0.1) is 0 Å². The lowest BCUT2D eigenvalue weighted by molar-refractivity contribution is 0.0280. The number of carbonyl (C=O) groups excluding carboxylic acids is 1. The second-order valence-corrected chi connectivity index (χ2v) is 6.28. The minimum absolute atomic E-state index is 0.170. The van der Waals surface area contributed by atoms with Gasteiger partial charge in [0.15, 0.2) is 0 Å².